The molecule has 2 aromatic carbocycles. The van der Waals surface area contributed by atoms with Crippen molar-refractivity contribution in [3.63, 3.8) is 0 Å². The van der Waals surface area contributed by atoms with E-state index in [0.29, 0.717) is 21.5 Å². The predicted octanol–water partition coefficient (Wildman–Crippen LogP) is 5.34. The lowest BCUT2D eigenvalue weighted by atomic mass is 9.79. The molecule has 0 saturated heterocycles. The van der Waals surface area contributed by atoms with Crippen molar-refractivity contribution in [1.29, 1.82) is 0 Å². The van der Waals surface area contributed by atoms with Crippen LogP contribution >= 0.6 is 23.2 Å². The average molecular weight is 307 g/mol. The Morgan fingerprint density at radius 3 is 2.55 bits per heavy atom. The molecule has 1 N–H and O–H groups in total. The highest BCUT2D eigenvalue weighted by atomic mass is 35.5. The smallest absolute Gasteiger partial charge is 0.106 e. The molecule has 0 bridgehead atoms. The highest BCUT2D eigenvalue weighted by Gasteiger charge is 2.21. The summed E-state index contributed by atoms with van der Waals surface area (Å²) in [6.07, 6.45) is 3.06. The number of aliphatic hydroxyl groups is 1. The Morgan fingerprint density at radius 1 is 1.05 bits per heavy atom. The van der Waals surface area contributed by atoms with Crippen LogP contribution < -0.4 is 0 Å². The largest absolute Gasteiger partial charge is 0.384 e. The SMILES string of the molecule is OC(c1cccc(C2CCC2)c1)c1cc(Cl)ccc1Cl. The van der Waals surface area contributed by atoms with Crippen molar-refractivity contribution in [3.05, 3.63) is 69.2 Å². The van der Waals surface area contributed by atoms with Crippen LogP contribution in [0.25, 0.3) is 0 Å². The van der Waals surface area contributed by atoms with Gasteiger partial charge in [-0.3, -0.25) is 0 Å². The van der Waals surface area contributed by atoms with Gasteiger partial charge in [-0.1, -0.05) is 53.9 Å². The van der Waals surface area contributed by atoms with Gasteiger partial charge in [-0.05, 0) is 48.1 Å². The molecule has 104 valence electrons. The summed E-state index contributed by atoms with van der Waals surface area (Å²) in [5.74, 6) is 0.650. The van der Waals surface area contributed by atoms with Gasteiger partial charge in [0.15, 0.2) is 0 Å². The van der Waals surface area contributed by atoms with Gasteiger partial charge in [-0.2, -0.15) is 0 Å². The number of benzene rings is 2. The third-order valence-electron chi connectivity index (χ3n) is 4.06. The fourth-order valence-corrected chi connectivity index (χ4v) is 3.03. The normalized spacial score (nSPS) is 16.8. The summed E-state index contributed by atoms with van der Waals surface area (Å²) < 4.78 is 0. The predicted molar refractivity (Wildman–Crippen MR) is 83.6 cm³/mol. The highest BCUT2D eigenvalue weighted by Crippen LogP contribution is 2.38. The molecule has 20 heavy (non-hydrogen) atoms. The molecule has 0 amide bonds. The monoisotopic (exact) mass is 306 g/mol. The first-order chi connectivity index (χ1) is 9.65. The van der Waals surface area contributed by atoms with Gasteiger partial charge in [-0.25, -0.2) is 0 Å². The maximum atomic E-state index is 10.6. The van der Waals surface area contributed by atoms with Gasteiger partial charge in [0.05, 0.1) is 0 Å². The summed E-state index contributed by atoms with van der Waals surface area (Å²) in [4.78, 5) is 0. The molecular weight excluding hydrogens is 291 g/mol. The topological polar surface area (TPSA) is 20.2 Å². The van der Waals surface area contributed by atoms with Gasteiger partial charge in [0.1, 0.15) is 6.10 Å². The van der Waals surface area contributed by atoms with Crippen LogP contribution in [0.2, 0.25) is 10.0 Å². The van der Waals surface area contributed by atoms with E-state index in [1.165, 1.54) is 24.8 Å². The fraction of sp³-hybridized carbons (Fsp3) is 0.294. The summed E-state index contributed by atoms with van der Waals surface area (Å²) in [5.41, 5.74) is 2.84. The molecule has 0 spiro atoms. The molecule has 1 atom stereocenters. The number of aliphatic hydroxyl groups excluding tert-OH is 1. The Kier molecular flexibility index (Phi) is 4.02. The Labute approximate surface area is 129 Å². The zero-order valence-corrected chi connectivity index (χ0v) is 12.5. The van der Waals surface area contributed by atoms with E-state index in [0.717, 1.165) is 5.56 Å². The lowest BCUT2D eigenvalue weighted by Crippen LogP contribution is -2.09. The van der Waals surface area contributed by atoms with Crippen LogP contribution in [0.5, 0.6) is 0 Å². The van der Waals surface area contributed by atoms with Crippen molar-refractivity contribution in [3.8, 4) is 0 Å². The molecule has 1 unspecified atom stereocenters. The minimum atomic E-state index is -0.735. The highest BCUT2D eigenvalue weighted by molar-refractivity contribution is 6.33. The molecule has 0 radical (unpaired) electrons. The van der Waals surface area contributed by atoms with Crippen LogP contribution in [0.1, 0.15) is 48.0 Å². The second-order valence-corrected chi connectivity index (χ2v) is 6.21. The quantitative estimate of drug-likeness (QED) is 0.811. The Bertz CT molecular complexity index is 620. The summed E-state index contributed by atoms with van der Waals surface area (Å²) in [7, 11) is 0. The summed E-state index contributed by atoms with van der Waals surface area (Å²) in [5, 5.41) is 11.7. The third-order valence-corrected chi connectivity index (χ3v) is 4.63. The van der Waals surface area contributed by atoms with Crippen LogP contribution in [-0.2, 0) is 0 Å². The van der Waals surface area contributed by atoms with E-state index < -0.39 is 6.10 Å². The zero-order valence-electron chi connectivity index (χ0n) is 11.0. The van der Waals surface area contributed by atoms with E-state index in [1.807, 2.05) is 12.1 Å². The average Bonchev–Trinajstić information content (AvgIpc) is 2.39. The maximum Gasteiger partial charge on any atom is 0.106 e. The number of halogens is 2. The van der Waals surface area contributed by atoms with Crippen LogP contribution in [-0.4, -0.2) is 5.11 Å². The van der Waals surface area contributed by atoms with Crippen LogP contribution in [0.3, 0.4) is 0 Å². The molecule has 1 fully saturated rings. The number of hydrogen-bond acceptors (Lipinski definition) is 1. The minimum Gasteiger partial charge on any atom is -0.384 e. The number of rotatable bonds is 3. The van der Waals surface area contributed by atoms with E-state index in [1.54, 1.807) is 18.2 Å². The molecule has 0 aliphatic heterocycles. The first kappa shape index (κ1) is 13.9. The second-order valence-electron chi connectivity index (χ2n) is 5.37. The Hall–Kier alpha value is -1.02. The molecule has 0 aromatic heterocycles. The molecule has 0 heterocycles. The molecule has 1 nitrogen and oxygen atoms in total. The van der Waals surface area contributed by atoms with Gasteiger partial charge in [0, 0.05) is 15.6 Å². The molecule has 2 aromatic rings. The summed E-state index contributed by atoms with van der Waals surface area (Å²) in [6.45, 7) is 0. The molecule has 1 saturated carbocycles. The van der Waals surface area contributed by atoms with Crippen LogP contribution in [0, 0.1) is 0 Å². The van der Waals surface area contributed by atoms with E-state index in [2.05, 4.69) is 12.1 Å². The van der Waals surface area contributed by atoms with Crippen molar-refractivity contribution in [1.82, 2.24) is 0 Å². The fourth-order valence-electron chi connectivity index (χ4n) is 2.63. The lowest BCUT2D eigenvalue weighted by Gasteiger charge is -2.26. The van der Waals surface area contributed by atoms with E-state index in [9.17, 15) is 5.11 Å². The van der Waals surface area contributed by atoms with E-state index >= 15 is 0 Å². The van der Waals surface area contributed by atoms with Gasteiger partial charge < -0.3 is 5.11 Å². The molecule has 1 aliphatic rings. The third kappa shape index (κ3) is 2.71. The maximum absolute atomic E-state index is 10.6. The zero-order chi connectivity index (χ0) is 14.1. The summed E-state index contributed by atoms with van der Waals surface area (Å²) in [6, 6.07) is 13.3. The molecule has 1 aliphatic carbocycles. The summed E-state index contributed by atoms with van der Waals surface area (Å²) >= 11 is 12.2. The molecule has 3 heteroatoms. The van der Waals surface area contributed by atoms with E-state index in [-0.39, 0.29) is 0 Å². The van der Waals surface area contributed by atoms with Crippen LogP contribution in [0.15, 0.2) is 42.5 Å². The molecule has 3 rings (SSSR count). The van der Waals surface area contributed by atoms with Gasteiger partial charge in [-0.15, -0.1) is 0 Å². The van der Waals surface area contributed by atoms with Gasteiger partial charge >= 0.3 is 0 Å². The molecular formula is C17H16Cl2O. The first-order valence-electron chi connectivity index (χ1n) is 6.88. The minimum absolute atomic E-state index is 0.538. The van der Waals surface area contributed by atoms with Crippen molar-refractivity contribution >= 4 is 23.2 Å². The van der Waals surface area contributed by atoms with Crippen molar-refractivity contribution in [2.24, 2.45) is 0 Å². The van der Waals surface area contributed by atoms with Crippen molar-refractivity contribution < 1.29 is 5.11 Å². The van der Waals surface area contributed by atoms with Gasteiger partial charge in [0.2, 0.25) is 0 Å². The Morgan fingerprint density at radius 2 is 1.85 bits per heavy atom. The van der Waals surface area contributed by atoms with Crippen molar-refractivity contribution in [2.75, 3.05) is 0 Å². The lowest BCUT2D eigenvalue weighted by molar-refractivity contribution is 0.220. The Balaban J connectivity index is 1.93. The van der Waals surface area contributed by atoms with Crippen LogP contribution in [0.4, 0.5) is 0 Å². The first-order valence-corrected chi connectivity index (χ1v) is 7.63. The standard InChI is InChI=1S/C17H16Cl2O/c18-14-7-8-16(19)15(10-14)17(20)13-6-2-5-12(9-13)11-3-1-4-11/h2,5-11,17,20H,1,3-4H2. The number of hydrogen-bond donors (Lipinski definition) is 1. The van der Waals surface area contributed by atoms with Gasteiger partial charge in [0.25, 0.3) is 0 Å². The second kappa shape index (κ2) is 5.77. The van der Waals surface area contributed by atoms with E-state index in [4.69, 9.17) is 23.2 Å². The van der Waals surface area contributed by atoms with Crippen molar-refractivity contribution in [2.45, 2.75) is 31.3 Å².